The van der Waals surface area contributed by atoms with E-state index in [1.54, 1.807) is 18.5 Å². The fourth-order valence-corrected chi connectivity index (χ4v) is 2.93. The number of nitrogens with zero attached hydrogens (tertiary/aromatic N) is 3. The maximum Gasteiger partial charge on any atom is 0.255 e. The Bertz CT molecular complexity index is 694. The van der Waals surface area contributed by atoms with Gasteiger partial charge in [-0.1, -0.05) is 12.1 Å². The molecule has 0 spiro atoms. The fraction of sp³-hybridized carbons (Fsp3) is 0.312. The fourth-order valence-electron chi connectivity index (χ4n) is 2.93. The molecule has 1 aromatic carbocycles. The summed E-state index contributed by atoms with van der Waals surface area (Å²) in [6, 6.07) is 7.48. The van der Waals surface area contributed by atoms with E-state index in [9.17, 15) is 4.79 Å². The van der Waals surface area contributed by atoms with Gasteiger partial charge in [-0.3, -0.25) is 4.79 Å². The quantitative estimate of drug-likeness (QED) is 0.886. The summed E-state index contributed by atoms with van der Waals surface area (Å²) in [6.45, 7) is 2.04. The second-order valence-electron chi connectivity index (χ2n) is 5.61. The minimum Gasteiger partial charge on any atom is -0.361 e. The van der Waals surface area contributed by atoms with Crippen LogP contribution in [0.4, 0.5) is 11.6 Å². The first-order valence-electron chi connectivity index (χ1n) is 7.54. The lowest BCUT2D eigenvalue weighted by Gasteiger charge is -2.27. The molecule has 2 aliphatic rings. The van der Waals surface area contributed by atoms with Crippen LogP contribution in [0, 0.1) is 0 Å². The first-order chi connectivity index (χ1) is 10.8. The molecule has 0 aliphatic carbocycles. The van der Waals surface area contributed by atoms with Crippen molar-refractivity contribution in [3.63, 3.8) is 0 Å². The maximum absolute atomic E-state index is 12.1. The van der Waals surface area contributed by atoms with Crippen molar-refractivity contribution in [3.05, 3.63) is 47.8 Å². The van der Waals surface area contributed by atoms with Gasteiger partial charge in [0.15, 0.2) is 0 Å². The van der Waals surface area contributed by atoms with Crippen molar-refractivity contribution in [2.45, 2.75) is 19.0 Å². The predicted molar refractivity (Wildman–Crippen MR) is 83.8 cm³/mol. The molecule has 0 bridgehead atoms. The number of carbonyl (C=O) groups is 1. The SMILES string of the molecule is O=C1N[C@@H](c2cnc(N3CCCC3)nc2)Nc2ccccc21. The number of anilines is 2. The Morgan fingerprint density at radius 2 is 1.77 bits per heavy atom. The third kappa shape index (κ3) is 2.26. The Kier molecular flexibility index (Phi) is 3.14. The Balaban J connectivity index is 1.56. The number of hydrogen-bond donors (Lipinski definition) is 2. The Morgan fingerprint density at radius 3 is 2.55 bits per heavy atom. The van der Waals surface area contributed by atoms with Gasteiger partial charge >= 0.3 is 0 Å². The first-order valence-corrected chi connectivity index (χ1v) is 7.54. The third-order valence-corrected chi connectivity index (χ3v) is 4.13. The topological polar surface area (TPSA) is 70.2 Å². The smallest absolute Gasteiger partial charge is 0.255 e. The van der Waals surface area contributed by atoms with Crippen LogP contribution in [0.5, 0.6) is 0 Å². The summed E-state index contributed by atoms with van der Waals surface area (Å²) in [5, 5.41) is 6.24. The summed E-state index contributed by atoms with van der Waals surface area (Å²) in [6.07, 6.45) is 5.67. The molecule has 0 unspecified atom stereocenters. The standard InChI is InChI=1S/C16H17N5O/c22-15-12-5-1-2-6-13(12)19-14(20-15)11-9-17-16(18-10-11)21-7-3-4-8-21/h1-2,5-6,9-10,14,19H,3-4,7-8H2,(H,20,22)/t14-/m0/s1. The molecular formula is C16H17N5O. The summed E-state index contributed by atoms with van der Waals surface area (Å²) < 4.78 is 0. The van der Waals surface area contributed by atoms with Crippen LogP contribution in [0.3, 0.4) is 0 Å². The van der Waals surface area contributed by atoms with Gasteiger partial charge in [-0.2, -0.15) is 0 Å². The van der Waals surface area contributed by atoms with Gasteiger partial charge in [-0.05, 0) is 25.0 Å². The van der Waals surface area contributed by atoms with Gasteiger partial charge in [0.05, 0.1) is 5.56 Å². The molecule has 2 aliphatic heterocycles. The lowest BCUT2D eigenvalue weighted by atomic mass is 10.1. The molecule has 1 aromatic heterocycles. The molecule has 2 aromatic rings. The van der Waals surface area contributed by atoms with Gasteiger partial charge in [-0.25, -0.2) is 9.97 Å². The summed E-state index contributed by atoms with van der Waals surface area (Å²) in [7, 11) is 0. The lowest BCUT2D eigenvalue weighted by Crippen LogP contribution is -2.38. The second kappa shape index (κ2) is 5.29. The number of amides is 1. The first kappa shape index (κ1) is 13.1. The van der Waals surface area contributed by atoms with Crippen LogP contribution < -0.4 is 15.5 Å². The average Bonchev–Trinajstić information content (AvgIpc) is 3.09. The molecule has 1 saturated heterocycles. The normalized spacial score (nSPS) is 20.3. The molecular weight excluding hydrogens is 278 g/mol. The summed E-state index contributed by atoms with van der Waals surface area (Å²) in [5.74, 6) is 0.687. The molecule has 0 saturated carbocycles. The van der Waals surface area contributed by atoms with E-state index < -0.39 is 0 Å². The molecule has 1 fully saturated rings. The number of carbonyl (C=O) groups excluding carboxylic acids is 1. The van der Waals surface area contributed by atoms with Gasteiger partial charge in [0.1, 0.15) is 6.17 Å². The van der Waals surface area contributed by atoms with E-state index in [4.69, 9.17) is 0 Å². The van der Waals surface area contributed by atoms with Crippen LogP contribution >= 0.6 is 0 Å². The highest BCUT2D eigenvalue weighted by Crippen LogP contribution is 2.26. The van der Waals surface area contributed by atoms with Gasteiger partial charge in [0.25, 0.3) is 5.91 Å². The molecule has 1 amide bonds. The number of nitrogens with one attached hydrogen (secondary N) is 2. The zero-order valence-corrected chi connectivity index (χ0v) is 12.1. The van der Waals surface area contributed by atoms with Crippen LogP contribution in [0.15, 0.2) is 36.7 Å². The number of benzene rings is 1. The maximum atomic E-state index is 12.1. The van der Waals surface area contributed by atoms with Gasteiger partial charge in [0.2, 0.25) is 5.95 Å². The molecule has 1 atom stereocenters. The van der Waals surface area contributed by atoms with Crippen molar-refractivity contribution < 1.29 is 4.79 Å². The molecule has 3 heterocycles. The number of para-hydroxylation sites is 1. The number of fused-ring (bicyclic) bond motifs is 1. The predicted octanol–water partition coefficient (Wildman–Crippen LogP) is 1.93. The van der Waals surface area contributed by atoms with Crippen LogP contribution in [-0.2, 0) is 0 Å². The average molecular weight is 295 g/mol. The van der Waals surface area contributed by atoms with Gasteiger partial charge in [0, 0.05) is 36.7 Å². The van der Waals surface area contributed by atoms with E-state index in [0.29, 0.717) is 5.56 Å². The largest absolute Gasteiger partial charge is 0.361 e. The van der Waals surface area contributed by atoms with E-state index >= 15 is 0 Å². The minimum absolute atomic E-state index is 0.0806. The number of hydrogen-bond acceptors (Lipinski definition) is 5. The zero-order valence-electron chi connectivity index (χ0n) is 12.1. The zero-order chi connectivity index (χ0) is 14.9. The van der Waals surface area contributed by atoms with Crippen molar-refractivity contribution in [3.8, 4) is 0 Å². The van der Waals surface area contributed by atoms with Crippen LogP contribution in [0.25, 0.3) is 0 Å². The summed E-state index contributed by atoms with van der Waals surface area (Å²) in [4.78, 5) is 23.2. The van der Waals surface area contributed by atoms with Crippen molar-refractivity contribution in [1.82, 2.24) is 15.3 Å². The van der Waals surface area contributed by atoms with Crippen molar-refractivity contribution >= 4 is 17.5 Å². The highest BCUT2D eigenvalue weighted by molar-refractivity contribution is 6.01. The van der Waals surface area contributed by atoms with Gasteiger partial charge < -0.3 is 15.5 Å². The van der Waals surface area contributed by atoms with E-state index in [2.05, 4.69) is 25.5 Å². The summed E-state index contributed by atoms with van der Waals surface area (Å²) >= 11 is 0. The van der Waals surface area contributed by atoms with E-state index in [-0.39, 0.29) is 12.1 Å². The van der Waals surface area contributed by atoms with Crippen LogP contribution in [-0.4, -0.2) is 29.0 Å². The molecule has 6 nitrogen and oxygen atoms in total. The Labute approximate surface area is 128 Å². The van der Waals surface area contributed by atoms with Crippen molar-refractivity contribution in [2.24, 2.45) is 0 Å². The Hall–Kier alpha value is -2.63. The van der Waals surface area contributed by atoms with Crippen molar-refractivity contribution in [1.29, 1.82) is 0 Å². The molecule has 4 rings (SSSR count). The highest BCUT2D eigenvalue weighted by atomic mass is 16.2. The summed E-state index contributed by atoms with van der Waals surface area (Å²) in [5.41, 5.74) is 2.35. The number of aromatic nitrogens is 2. The van der Waals surface area contributed by atoms with Crippen molar-refractivity contribution in [2.75, 3.05) is 23.3 Å². The monoisotopic (exact) mass is 295 g/mol. The lowest BCUT2D eigenvalue weighted by molar-refractivity contribution is 0.0935. The van der Waals surface area contributed by atoms with E-state index in [1.807, 2.05) is 18.2 Å². The molecule has 6 heteroatoms. The Morgan fingerprint density at radius 1 is 1.05 bits per heavy atom. The molecule has 22 heavy (non-hydrogen) atoms. The third-order valence-electron chi connectivity index (χ3n) is 4.13. The highest BCUT2D eigenvalue weighted by Gasteiger charge is 2.25. The van der Waals surface area contributed by atoms with Crippen LogP contribution in [0.1, 0.15) is 34.9 Å². The molecule has 0 radical (unpaired) electrons. The van der Waals surface area contributed by atoms with Gasteiger partial charge in [-0.15, -0.1) is 0 Å². The second-order valence-corrected chi connectivity index (χ2v) is 5.61. The molecule has 112 valence electrons. The van der Waals surface area contributed by atoms with Crippen LogP contribution in [0.2, 0.25) is 0 Å². The van der Waals surface area contributed by atoms with E-state index in [1.165, 1.54) is 12.8 Å². The van der Waals surface area contributed by atoms with E-state index in [0.717, 1.165) is 30.3 Å². The molecule has 2 N–H and O–H groups in total. The minimum atomic E-state index is -0.296. The number of rotatable bonds is 2.